The summed E-state index contributed by atoms with van der Waals surface area (Å²) >= 11 is 5.09. The Kier molecular flexibility index (Phi) is 4.90. The Morgan fingerprint density at radius 1 is 1.29 bits per heavy atom. The van der Waals surface area contributed by atoms with Crippen molar-refractivity contribution in [3.8, 4) is 0 Å². The van der Waals surface area contributed by atoms with Crippen molar-refractivity contribution in [3.05, 3.63) is 29.8 Å². The van der Waals surface area contributed by atoms with Gasteiger partial charge in [0.1, 0.15) is 4.99 Å². The molecule has 2 N–H and O–H groups in total. The van der Waals surface area contributed by atoms with Gasteiger partial charge in [0.15, 0.2) is 0 Å². The predicted molar refractivity (Wildman–Crippen MR) is 72.4 cm³/mol. The average Bonchev–Trinajstić information content (AvgIpc) is 2.28. The lowest BCUT2D eigenvalue weighted by atomic mass is 10.2. The Morgan fingerprint density at radius 3 is 2.35 bits per heavy atom. The lowest BCUT2D eigenvalue weighted by Gasteiger charge is -2.10. The minimum atomic E-state index is -0.455. The molecule has 0 fully saturated rings. The van der Waals surface area contributed by atoms with E-state index in [0.717, 1.165) is 5.56 Å². The van der Waals surface area contributed by atoms with Crippen molar-refractivity contribution in [1.82, 2.24) is 5.32 Å². The van der Waals surface area contributed by atoms with E-state index < -0.39 is 6.09 Å². The van der Waals surface area contributed by atoms with Crippen molar-refractivity contribution in [1.29, 1.82) is 0 Å². The van der Waals surface area contributed by atoms with Gasteiger partial charge in [-0.15, -0.1) is 0 Å². The molecule has 0 aliphatic heterocycles. The van der Waals surface area contributed by atoms with E-state index in [-0.39, 0.29) is 6.10 Å². The second kappa shape index (κ2) is 6.20. The van der Waals surface area contributed by atoms with Gasteiger partial charge in [-0.1, -0.05) is 12.2 Å². The Labute approximate surface area is 106 Å². The van der Waals surface area contributed by atoms with E-state index in [9.17, 15) is 4.79 Å². The van der Waals surface area contributed by atoms with Crippen LogP contribution >= 0.6 is 12.2 Å². The largest absolute Gasteiger partial charge is 0.447 e. The molecule has 0 radical (unpaired) electrons. The number of hydrogen-bond acceptors (Lipinski definition) is 3. The fraction of sp³-hybridized carbons (Fsp3) is 0.333. The third-order valence-corrected chi connectivity index (χ3v) is 2.40. The molecule has 92 valence electrons. The summed E-state index contributed by atoms with van der Waals surface area (Å²) in [5.74, 6) is 0. The first-order chi connectivity index (χ1) is 8.02. The van der Waals surface area contributed by atoms with Crippen LogP contribution in [0.3, 0.4) is 0 Å². The van der Waals surface area contributed by atoms with Crippen LogP contribution in [0, 0.1) is 0 Å². The van der Waals surface area contributed by atoms with Gasteiger partial charge in [-0.2, -0.15) is 0 Å². The SMILES string of the molecule is CNC(=S)c1ccc(NC(=O)OC(C)C)cc1. The van der Waals surface area contributed by atoms with Crippen LogP contribution in [0.4, 0.5) is 10.5 Å². The molecule has 5 heteroatoms. The van der Waals surface area contributed by atoms with Crippen LogP contribution in [0.2, 0.25) is 0 Å². The highest BCUT2D eigenvalue weighted by atomic mass is 32.1. The maximum Gasteiger partial charge on any atom is 0.411 e. The highest BCUT2D eigenvalue weighted by Gasteiger charge is 2.05. The number of carbonyl (C=O) groups excluding carboxylic acids is 1. The lowest BCUT2D eigenvalue weighted by molar-refractivity contribution is 0.130. The average molecular weight is 252 g/mol. The highest BCUT2D eigenvalue weighted by molar-refractivity contribution is 7.80. The Bertz CT molecular complexity index is 401. The minimum absolute atomic E-state index is 0.133. The summed E-state index contributed by atoms with van der Waals surface area (Å²) < 4.78 is 4.96. The number of nitrogens with one attached hydrogen (secondary N) is 2. The molecular weight excluding hydrogens is 236 g/mol. The maximum absolute atomic E-state index is 11.3. The molecule has 0 bridgehead atoms. The molecule has 0 saturated carbocycles. The molecule has 0 unspecified atom stereocenters. The topological polar surface area (TPSA) is 50.4 Å². The third kappa shape index (κ3) is 4.40. The van der Waals surface area contributed by atoms with Crippen molar-refractivity contribution in [3.63, 3.8) is 0 Å². The molecule has 0 saturated heterocycles. The van der Waals surface area contributed by atoms with E-state index in [1.807, 2.05) is 12.1 Å². The second-order valence-electron chi connectivity index (χ2n) is 3.74. The van der Waals surface area contributed by atoms with Gasteiger partial charge in [0.25, 0.3) is 0 Å². The van der Waals surface area contributed by atoms with Crippen LogP contribution in [0.25, 0.3) is 0 Å². The molecule has 0 aliphatic carbocycles. The quantitative estimate of drug-likeness (QED) is 0.812. The second-order valence-corrected chi connectivity index (χ2v) is 4.14. The first-order valence-corrected chi connectivity index (χ1v) is 5.73. The number of hydrogen-bond donors (Lipinski definition) is 2. The van der Waals surface area contributed by atoms with Crippen molar-refractivity contribution in [2.45, 2.75) is 20.0 Å². The smallest absolute Gasteiger partial charge is 0.411 e. The number of carbonyl (C=O) groups is 1. The Balaban J connectivity index is 2.62. The number of benzene rings is 1. The third-order valence-electron chi connectivity index (χ3n) is 1.96. The Morgan fingerprint density at radius 2 is 1.88 bits per heavy atom. The number of ether oxygens (including phenoxy) is 1. The summed E-state index contributed by atoms with van der Waals surface area (Å²) in [5, 5.41) is 5.52. The van der Waals surface area contributed by atoms with Crippen LogP contribution < -0.4 is 10.6 Å². The fourth-order valence-corrected chi connectivity index (χ4v) is 1.35. The number of thiocarbonyl (C=S) groups is 1. The predicted octanol–water partition coefficient (Wildman–Crippen LogP) is 2.54. The number of rotatable bonds is 3. The molecular formula is C12H16N2O2S. The number of anilines is 1. The van der Waals surface area contributed by atoms with Gasteiger partial charge < -0.3 is 10.1 Å². The molecule has 17 heavy (non-hydrogen) atoms. The Hall–Kier alpha value is -1.62. The van der Waals surface area contributed by atoms with Crippen LogP contribution in [0.5, 0.6) is 0 Å². The van der Waals surface area contributed by atoms with Crippen molar-refractivity contribution in [2.24, 2.45) is 0 Å². The van der Waals surface area contributed by atoms with E-state index in [4.69, 9.17) is 17.0 Å². The van der Waals surface area contributed by atoms with Crippen LogP contribution in [0.15, 0.2) is 24.3 Å². The summed E-state index contributed by atoms with van der Waals surface area (Å²) in [6.07, 6.45) is -0.588. The van der Waals surface area contributed by atoms with Gasteiger partial charge in [0, 0.05) is 18.3 Å². The van der Waals surface area contributed by atoms with Gasteiger partial charge in [-0.05, 0) is 38.1 Å². The number of amides is 1. The van der Waals surface area contributed by atoms with Crippen LogP contribution in [-0.2, 0) is 4.74 Å². The van der Waals surface area contributed by atoms with Gasteiger partial charge >= 0.3 is 6.09 Å². The molecule has 1 rings (SSSR count). The molecule has 4 nitrogen and oxygen atoms in total. The van der Waals surface area contributed by atoms with Crippen LogP contribution in [-0.4, -0.2) is 24.2 Å². The molecule has 1 aromatic rings. The summed E-state index contributed by atoms with van der Waals surface area (Å²) in [6.45, 7) is 3.60. The van der Waals surface area contributed by atoms with Crippen molar-refractivity contribution in [2.75, 3.05) is 12.4 Å². The zero-order chi connectivity index (χ0) is 12.8. The summed E-state index contributed by atoms with van der Waals surface area (Å²) in [4.78, 5) is 12.0. The molecule has 0 aromatic heterocycles. The van der Waals surface area contributed by atoms with Crippen molar-refractivity contribution < 1.29 is 9.53 Å². The molecule has 1 aromatic carbocycles. The molecule has 0 aliphatic rings. The summed E-state index contributed by atoms with van der Waals surface area (Å²) in [6, 6.07) is 7.23. The molecule has 0 heterocycles. The normalized spacial score (nSPS) is 9.88. The van der Waals surface area contributed by atoms with E-state index in [1.54, 1.807) is 33.0 Å². The van der Waals surface area contributed by atoms with Gasteiger partial charge in [-0.3, -0.25) is 5.32 Å². The zero-order valence-electron chi connectivity index (χ0n) is 10.1. The summed E-state index contributed by atoms with van der Waals surface area (Å²) in [5.41, 5.74) is 1.59. The highest BCUT2D eigenvalue weighted by Crippen LogP contribution is 2.10. The van der Waals surface area contributed by atoms with Gasteiger partial charge in [0.2, 0.25) is 0 Å². The van der Waals surface area contributed by atoms with Gasteiger partial charge in [-0.25, -0.2) is 4.79 Å². The maximum atomic E-state index is 11.3. The summed E-state index contributed by atoms with van der Waals surface area (Å²) in [7, 11) is 1.77. The molecule has 0 atom stereocenters. The van der Waals surface area contributed by atoms with E-state index in [1.165, 1.54) is 0 Å². The van der Waals surface area contributed by atoms with Crippen molar-refractivity contribution >= 4 is 29.0 Å². The molecule has 0 spiro atoms. The monoisotopic (exact) mass is 252 g/mol. The van der Waals surface area contributed by atoms with E-state index >= 15 is 0 Å². The van der Waals surface area contributed by atoms with Crippen LogP contribution in [0.1, 0.15) is 19.4 Å². The lowest BCUT2D eigenvalue weighted by Crippen LogP contribution is -2.18. The molecule has 1 amide bonds. The minimum Gasteiger partial charge on any atom is -0.447 e. The van der Waals surface area contributed by atoms with E-state index in [0.29, 0.717) is 10.7 Å². The first kappa shape index (κ1) is 13.4. The van der Waals surface area contributed by atoms with E-state index in [2.05, 4.69) is 10.6 Å². The first-order valence-electron chi connectivity index (χ1n) is 5.32. The fourth-order valence-electron chi connectivity index (χ4n) is 1.21. The van der Waals surface area contributed by atoms with Gasteiger partial charge in [0.05, 0.1) is 6.10 Å². The standard InChI is InChI=1S/C12H16N2O2S/c1-8(2)16-12(15)14-10-6-4-9(5-7-10)11(17)13-3/h4-8H,1-3H3,(H,13,17)(H,14,15). The zero-order valence-corrected chi connectivity index (χ0v) is 10.9.